The highest BCUT2D eigenvalue weighted by Gasteiger charge is 2.03. The number of amides is 1. The predicted molar refractivity (Wildman–Crippen MR) is 62.0 cm³/mol. The van der Waals surface area contributed by atoms with Crippen molar-refractivity contribution in [3.63, 3.8) is 0 Å². The first-order chi connectivity index (χ1) is 8.27. The number of hydrazine groups is 1. The summed E-state index contributed by atoms with van der Waals surface area (Å²) in [6, 6.07) is 3.39. The summed E-state index contributed by atoms with van der Waals surface area (Å²) in [7, 11) is 1.66. The lowest BCUT2D eigenvalue weighted by molar-refractivity contribution is 0.0907. The van der Waals surface area contributed by atoms with Gasteiger partial charge in [-0.2, -0.15) is 0 Å². The highest BCUT2D eigenvalue weighted by atomic mass is 16.5. The molecule has 0 saturated heterocycles. The average molecular weight is 239 g/mol. The maximum absolute atomic E-state index is 11.1. The van der Waals surface area contributed by atoms with E-state index in [1.165, 1.54) is 6.20 Å². The van der Waals surface area contributed by atoms with Crippen LogP contribution in [0.2, 0.25) is 0 Å². The van der Waals surface area contributed by atoms with Crippen molar-refractivity contribution in [2.24, 2.45) is 5.84 Å². The first-order valence-electron chi connectivity index (χ1n) is 5.30. The van der Waals surface area contributed by atoms with Crippen LogP contribution in [-0.4, -0.2) is 31.2 Å². The second-order valence-corrected chi connectivity index (χ2v) is 3.41. The number of nitrogens with two attached hydrogens (primary N) is 1. The molecule has 0 aliphatic carbocycles. The molecule has 0 aromatic carbocycles. The lowest BCUT2D eigenvalue weighted by atomic mass is 10.2. The van der Waals surface area contributed by atoms with Gasteiger partial charge in [-0.05, 0) is 18.6 Å². The molecule has 0 atom stereocenters. The zero-order valence-electron chi connectivity index (χ0n) is 9.81. The Kier molecular flexibility index (Phi) is 6.16. The molecule has 0 fully saturated rings. The first-order valence-corrected chi connectivity index (χ1v) is 5.30. The number of rotatable bonds is 7. The normalized spacial score (nSPS) is 10.2. The van der Waals surface area contributed by atoms with Gasteiger partial charge < -0.3 is 9.47 Å². The van der Waals surface area contributed by atoms with Crippen molar-refractivity contribution in [3.05, 3.63) is 29.6 Å². The van der Waals surface area contributed by atoms with Crippen molar-refractivity contribution in [1.82, 2.24) is 10.4 Å². The molecule has 1 aromatic rings. The molecule has 1 aromatic heterocycles. The van der Waals surface area contributed by atoms with Gasteiger partial charge in [0.15, 0.2) is 0 Å². The Morgan fingerprint density at radius 2 is 2.29 bits per heavy atom. The van der Waals surface area contributed by atoms with Gasteiger partial charge in [0.05, 0.1) is 17.9 Å². The molecule has 0 unspecified atom stereocenters. The molecule has 6 nitrogen and oxygen atoms in total. The third kappa shape index (κ3) is 4.90. The van der Waals surface area contributed by atoms with Gasteiger partial charge in [-0.15, -0.1) is 0 Å². The zero-order valence-corrected chi connectivity index (χ0v) is 9.81. The number of hydrogen-bond donors (Lipinski definition) is 2. The third-order valence-corrected chi connectivity index (χ3v) is 2.11. The van der Waals surface area contributed by atoms with E-state index in [1.807, 2.05) is 5.43 Å². The molecule has 0 aliphatic rings. The number of carbonyl (C=O) groups is 1. The van der Waals surface area contributed by atoms with E-state index in [0.717, 1.165) is 12.1 Å². The molecule has 94 valence electrons. The van der Waals surface area contributed by atoms with E-state index in [0.29, 0.717) is 25.4 Å². The van der Waals surface area contributed by atoms with Crippen molar-refractivity contribution >= 4 is 5.91 Å². The summed E-state index contributed by atoms with van der Waals surface area (Å²) in [5, 5.41) is 0. The maximum Gasteiger partial charge on any atom is 0.266 e. The lowest BCUT2D eigenvalue weighted by Crippen LogP contribution is -2.30. The number of nitrogens with zero attached hydrogens (tertiary/aromatic N) is 1. The number of nitrogen functional groups attached to an aromatic ring is 1. The standard InChI is InChI=1S/C11H17N3O3/c1-16-5-2-6-17-8-10-4-3-9(7-13-10)11(15)14-12/h3-4,7H,2,5-6,8,12H2,1H3,(H,14,15). The molecule has 0 saturated carbocycles. The highest BCUT2D eigenvalue weighted by molar-refractivity contribution is 5.93. The van der Waals surface area contributed by atoms with E-state index in [-0.39, 0.29) is 5.91 Å². The quantitative estimate of drug-likeness (QED) is 0.308. The number of carbonyl (C=O) groups excluding carboxylic acids is 1. The number of nitrogens with one attached hydrogen (secondary N) is 1. The molecule has 6 heteroatoms. The van der Waals surface area contributed by atoms with Crippen molar-refractivity contribution in [1.29, 1.82) is 0 Å². The molecule has 0 aliphatic heterocycles. The number of pyridine rings is 1. The van der Waals surface area contributed by atoms with Crippen molar-refractivity contribution in [3.8, 4) is 0 Å². The summed E-state index contributed by atoms with van der Waals surface area (Å²) in [6.45, 7) is 1.73. The molecule has 17 heavy (non-hydrogen) atoms. The van der Waals surface area contributed by atoms with E-state index >= 15 is 0 Å². The van der Waals surface area contributed by atoms with Gasteiger partial charge in [0, 0.05) is 26.5 Å². The summed E-state index contributed by atoms with van der Waals surface area (Å²) >= 11 is 0. The Balaban J connectivity index is 2.33. The molecule has 0 radical (unpaired) electrons. The molecule has 3 N–H and O–H groups in total. The smallest absolute Gasteiger partial charge is 0.266 e. The van der Waals surface area contributed by atoms with Crippen LogP contribution in [0.4, 0.5) is 0 Å². The largest absolute Gasteiger partial charge is 0.385 e. The Bertz CT molecular complexity index is 340. The fourth-order valence-corrected chi connectivity index (χ4v) is 1.21. The van der Waals surface area contributed by atoms with Crippen LogP contribution in [0, 0.1) is 0 Å². The zero-order chi connectivity index (χ0) is 12.5. The van der Waals surface area contributed by atoms with Crippen LogP contribution < -0.4 is 11.3 Å². The predicted octanol–water partition coefficient (Wildman–Crippen LogP) is 0.238. The first kappa shape index (κ1) is 13.6. The summed E-state index contributed by atoms with van der Waals surface area (Å²) < 4.78 is 10.3. The third-order valence-electron chi connectivity index (χ3n) is 2.11. The van der Waals surface area contributed by atoms with Crippen LogP contribution in [0.5, 0.6) is 0 Å². The number of hydrogen-bond acceptors (Lipinski definition) is 5. The second kappa shape index (κ2) is 7.72. The molecular formula is C11H17N3O3. The van der Waals surface area contributed by atoms with E-state index in [4.69, 9.17) is 15.3 Å². The Labute approximate surface area is 100 Å². The van der Waals surface area contributed by atoms with Gasteiger partial charge in [0.1, 0.15) is 0 Å². The molecular weight excluding hydrogens is 222 g/mol. The van der Waals surface area contributed by atoms with Crippen LogP contribution >= 0.6 is 0 Å². The molecule has 1 amide bonds. The Morgan fingerprint density at radius 1 is 1.47 bits per heavy atom. The summed E-state index contributed by atoms with van der Waals surface area (Å²) in [5.41, 5.74) is 3.24. The van der Waals surface area contributed by atoms with Crippen LogP contribution in [0.3, 0.4) is 0 Å². The van der Waals surface area contributed by atoms with Gasteiger partial charge in [0.25, 0.3) is 5.91 Å². The lowest BCUT2D eigenvalue weighted by Gasteiger charge is -2.04. The topological polar surface area (TPSA) is 86.5 Å². The fraction of sp³-hybridized carbons (Fsp3) is 0.455. The molecule has 0 spiro atoms. The summed E-state index contributed by atoms with van der Waals surface area (Å²) in [6.07, 6.45) is 2.32. The second-order valence-electron chi connectivity index (χ2n) is 3.41. The minimum Gasteiger partial charge on any atom is -0.385 e. The monoisotopic (exact) mass is 239 g/mol. The van der Waals surface area contributed by atoms with E-state index < -0.39 is 0 Å². The average Bonchev–Trinajstić information content (AvgIpc) is 2.38. The van der Waals surface area contributed by atoms with Crippen LogP contribution in [0.15, 0.2) is 18.3 Å². The number of methoxy groups -OCH3 is 1. The van der Waals surface area contributed by atoms with Crippen LogP contribution in [-0.2, 0) is 16.1 Å². The SMILES string of the molecule is COCCCOCc1ccc(C(=O)NN)cn1. The van der Waals surface area contributed by atoms with Gasteiger partial charge in [-0.25, -0.2) is 5.84 Å². The number of ether oxygens (including phenoxy) is 2. The number of aromatic nitrogens is 1. The minimum absolute atomic E-state index is 0.356. The Morgan fingerprint density at radius 3 is 2.88 bits per heavy atom. The van der Waals surface area contributed by atoms with E-state index in [9.17, 15) is 4.79 Å². The molecule has 1 heterocycles. The molecule has 1 rings (SSSR count). The minimum atomic E-state index is -0.356. The van der Waals surface area contributed by atoms with E-state index in [1.54, 1.807) is 19.2 Å². The van der Waals surface area contributed by atoms with Crippen molar-refractivity contribution in [2.75, 3.05) is 20.3 Å². The summed E-state index contributed by atoms with van der Waals surface area (Å²) in [4.78, 5) is 15.2. The van der Waals surface area contributed by atoms with Gasteiger partial charge >= 0.3 is 0 Å². The summed E-state index contributed by atoms with van der Waals surface area (Å²) in [5.74, 6) is 4.65. The Hall–Kier alpha value is -1.50. The van der Waals surface area contributed by atoms with Gasteiger partial charge in [-0.1, -0.05) is 0 Å². The fourth-order valence-electron chi connectivity index (χ4n) is 1.21. The van der Waals surface area contributed by atoms with Gasteiger partial charge in [0.2, 0.25) is 0 Å². The van der Waals surface area contributed by atoms with Crippen molar-refractivity contribution < 1.29 is 14.3 Å². The van der Waals surface area contributed by atoms with Gasteiger partial charge in [-0.3, -0.25) is 15.2 Å². The highest BCUT2D eigenvalue weighted by Crippen LogP contribution is 2.02. The van der Waals surface area contributed by atoms with E-state index in [2.05, 4.69) is 4.98 Å². The maximum atomic E-state index is 11.1. The van der Waals surface area contributed by atoms with Crippen molar-refractivity contribution in [2.45, 2.75) is 13.0 Å². The van der Waals surface area contributed by atoms with Crippen LogP contribution in [0.1, 0.15) is 22.5 Å². The van der Waals surface area contributed by atoms with Crippen LogP contribution in [0.25, 0.3) is 0 Å². The molecule has 0 bridgehead atoms.